The van der Waals surface area contributed by atoms with Gasteiger partial charge in [-0.05, 0) is 31.2 Å². The average molecular weight is 424 g/mol. The molecule has 0 saturated carbocycles. The van der Waals surface area contributed by atoms with Gasteiger partial charge in [-0.3, -0.25) is 0 Å². The number of rotatable bonds is 7. The van der Waals surface area contributed by atoms with Gasteiger partial charge in [-0.25, -0.2) is 9.97 Å². The third-order valence-electron chi connectivity index (χ3n) is 4.41. The minimum absolute atomic E-state index is 0.367. The second-order valence-corrected chi connectivity index (χ2v) is 7.27. The molecule has 0 N–H and O–H groups in total. The Hall–Kier alpha value is -3.33. The Morgan fingerprint density at radius 2 is 1.57 bits per heavy atom. The molecule has 0 bridgehead atoms. The average Bonchev–Trinajstić information content (AvgIpc) is 3.25. The number of methoxy groups -OCH3 is 3. The topological polar surface area (TPSA) is 92.4 Å². The zero-order chi connectivity index (χ0) is 21.1. The van der Waals surface area contributed by atoms with Crippen molar-refractivity contribution in [3.05, 3.63) is 48.0 Å². The van der Waals surface area contributed by atoms with E-state index in [-0.39, 0.29) is 0 Å². The van der Waals surface area contributed by atoms with Crippen LogP contribution in [0, 0.1) is 6.92 Å². The molecular weight excluding hydrogens is 404 g/mol. The number of hydrogen-bond acceptors (Lipinski definition) is 9. The Morgan fingerprint density at radius 1 is 0.900 bits per heavy atom. The standard InChI is InChI=1S/C21H20N4O4S/c1-12-21(23-15-8-6-5-7-14(15)22-12)30-11-18-24-25-20(29-18)13-9-16(26-2)19(28-4)17(10-13)27-3/h5-10H,11H2,1-4H3. The summed E-state index contributed by atoms with van der Waals surface area (Å²) < 4.78 is 22.0. The van der Waals surface area contributed by atoms with Crippen LogP contribution in [-0.4, -0.2) is 41.5 Å². The highest BCUT2D eigenvalue weighted by atomic mass is 32.2. The van der Waals surface area contributed by atoms with Gasteiger partial charge in [0.15, 0.2) is 11.5 Å². The molecule has 4 aromatic rings. The van der Waals surface area contributed by atoms with Gasteiger partial charge < -0.3 is 18.6 Å². The highest BCUT2D eigenvalue weighted by molar-refractivity contribution is 7.98. The zero-order valence-electron chi connectivity index (χ0n) is 17.0. The van der Waals surface area contributed by atoms with Gasteiger partial charge in [-0.1, -0.05) is 23.9 Å². The maximum atomic E-state index is 5.85. The molecule has 0 atom stereocenters. The normalized spacial score (nSPS) is 10.9. The van der Waals surface area contributed by atoms with Crippen LogP contribution in [0.2, 0.25) is 0 Å². The molecule has 0 radical (unpaired) electrons. The van der Waals surface area contributed by atoms with E-state index >= 15 is 0 Å². The van der Waals surface area contributed by atoms with Gasteiger partial charge in [0.2, 0.25) is 17.5 Å². The Balaban J connectivity index is 1.56. The minimum atomic E-state index is 0.367. The molecule has 2 heterocycles. The fraction of sp³-hybridized carbons (Fsp3) is 0.238. The van der Waals surface area contributed by atoms with Crippen LogP contribution in [-0.2, 0) is 5.75 Å². The predicted octanol–water partition coefficient (Wildman–Crippen LogP) is 4.31. The molecule has 2 aromatic carbocycles. The van der Waals surface area contributed by atoms with Crippen LogP contribution in [0.15, 0.2) is 45.8 Å². The fourth-order valence-electron chi connectivity index (χ4n) is 2.97. The molecule has 8 nitrogen and oxygen atoms in total. The lowest BCUT2D eigenvalue weighted by Gasteiger charge is -2.12. The summed E-state index contributed by atoms with van der Waals surface area (Å²) in [6.45, 7) is 1.94. The molecule has 4 rings (SSSR count). The Bertz CT molecular complexity index is 1170. The first kappa shape index (κ1) is 20.0. The van der Waals surface area contributed by atoms with Crippen molar-refractivity contribution in [2.24, 2.45) is 0 Å². The van der Waals surface area contributed by atoms with Crippen molar-refractivity contribution in [2.75, 3.05) is 21.3 Å². The van der Waals surface area contributed by atoms with E-state index in [9.17, 15) is 0 Å². The van der Waals surface area contributed by atoms with E-state index in [2.05, 4.69) is 20.2 Å². The third-order valence-corrected chi connectivity index (χ3v) is 5.46. The van der Waals surface area contributed by atoms with Crippen LogP contribution in [0.3, 0.4) is 0 Å². The molecule has 0 amide bonds. The maximum absolute atomic E-state index is 5.85. The van der Waals surface area contributed by atoms with Crippen molar-refractivity contribution in [2.45, 2.75) is 17.7 Å². The molecule has 0 aliphatic heterocycles. The molecule has 0 spiro atoms. The van der Waals surface area contributed by atoms with Crippen molar-refractivity contribution >= 4 is 22.8 Å². The van der Waals surface area contributed by atoms with Crippen molar-refractivity contribution < 1.29 is 18.6 Å². The quantitative estimate of drug-likeness (QED) is 0.402. The van der Waals surface area contributed by atoms with Crippen LogP contribution in [0.4, 0.5) is 0 Å². The van der Waals surface area contributed by atoms with Gasteiger partial charge >= 0.3 is 0 Å². The first-order chi connectivity index (χ1) is 14.6. The van der Waals surface area contributed by atoms with E-state index in [1.807, 2.05) is 31.2 Å². The molecule has 9 heteroatoms. The summed E-state index contributed by atoms with van der Waals surface area (Å²) in [6, 6.07) is 11.3. The molecule has 0 fully saturated rings. The SMILES string of the molecule is COc1cc(-c2nnc(CSc3nc4ccccc4nc3C)o2)cc(OC)c1OC. The molecular formula is C21H20N4O4S. The molecule has 0 saturated heterocycles. The first-order valence-electron chi connectivity index (χ1n) is 9.12. The van der Waals surface area contributed by atoms with Crippen molar-refractivity contribution in [1.29, 1.82) is 0 Å². The van der Waals surface area contributed by atoms with E-state index in [4.69, 9.17) is 18.6 Å². The molecule has 0 aliphatic rings. The summed E-state index contributed by atoms with van der Waals surface area (Å²) >= 11 is 1.51. The number of ether oxygens (including phenoxy) is 3. The van der Waals surface area contributed by atoms with Crippen LogP contribution in [0.1, 0.15) is 11.6 Å². The predicted molar refractivity (Wildman–Crippen MR) is 113 cm³/mol. The largest absolute Gasteiger partial charge is 0.493 e. The molecule has 0 aliphatic carbocycles. The summed E-state index contributed by atoms with van der Waals surface area (Å²) in [5, 5.41) is 9.15. The molecule has 30 heavy (non-hydrogen) atoms. The number of nitrogens with zero attached hydrogens (tertiary/aromatic N) is 4. The van der Waals surface area contributed by atoms with Crippen LogP contribution in [0.5, 0.6) is 17.2 Å². The second kappa shape index (κ2) is 8.58. The van der Waals surface area contributed by atoms with Gasteiger partial charge in [0.05, 0.1) is 43.8 Å². The van der Waals surface area contributed by atoms with E-state index in [0.717, 1.165) is 21.8 Å². The number of para-hydroxylation sites is 2. The molecule has 154 valence electrons. The van der Waals surface area contributed by atoms with Crippen molar-refractivity contribution in [3.63, 3.8) is 0 Å². The zero-order valence-corrected chi connectivity index (χ0v) is 17.8. The number of aromatic nitrogens is 4. The minimum Gasteiger partial charge on any atom is -0.493 e. The van der Waals surface area contributed by atoms with Crippen molar-refractivity contribution in [3.8, 4) is 28.7 Å². The maximum Gasteiger partial charge on any atom is 0.248 e. The number of aryl methyl sites for hydroxylation is 1. The lowest BCUT2D eigenvalue weighted by Crippen LogP contribution is -1.95. The van der Waals surface area contributed by atoms with Crippen LogP contribution < -0.4 is 14.2 Å². The van der Waals surface area contributed by atoms with Gasteiger partial charge in [-0.15, -0.1) is 10.2 Å². The van der Waals surface area contributed by atoms with E-state index < -0.39 is 0 Å². The van der Waals surface area contributed by atoms with E-state index in [0.29, 0.717) is 40.3 Å². The monoisotopic (exact) mass is 424 g/mol. The van der Waals surface area contributed by atoms with Crippen LogP contribution in [0.25, 0.3) is 22.5 Å². The lowest BCUT2D eigenvalue weighted by molar-refractivity contribution is 0.324. The first-order valence-corrected chi connectivity index (χ1v) is 10.1. The highest BCUT2D eigenvalue weighted by Gasteiger charge is 2.18. The van der Waals surface area contributed by atoms with Gasteiger partial charge in [-0.2, -0.15) is 0 Å². The molecule has 0 unspecified atom stereocenters. The summed E-state index contributed by atoms with van der Waals surface area (Å²) in [6.07, 6.45) is 0. The lowest BCUT2D eigenvalue weighted by atomic mass is 10.2. The summed E-state index contributed by atoms with van der Waals surface area (Å²) in [5.74, 6) is 2.87. The van der Waals surface area contributed by atoms with Crippen LogP contribution >= 0.6 is 11.8 Å². The number of hydrogen-bond donors (Lipinski definition) is 0. The summed E-state index contributed by atoms with van der Waals surface area (Å²) in [5.41, 5.74) is 3.27. The number of thioether (sulfide) groups is 1. The number of fused-ring (bicyclic) bond motifs is 1. The summed E-state index contributed by atoms with van der Waals surface area (Å²) in [4.78, 5) is 9.29. The third kappa shape index (κ3) is 3.88. The Kier molecular flexibility index (Phi) is 5.71. The molecule has 2 aromatic heterocycles. The Labute approximate surface area is 177 Å². The van der Waals surface area contributed by atoms with E-state index in [1.54, 1.807) is 33.5 Å². The highest BCUT2D eigenvalue weighted by Crippen LogP contribution is 2.41. The van der Waals surface area contributed by atoms with Crippen molar-refractivity contribution in [1.82, 2.24) is 20.2 Å². The van der Waals surface area contributed by atoms with Gasteiger partial charge in [0, 0.05) is 5.56 Å². The second-order valence-electron chi connectivity index (χ2n) is 6.31. The smallest absolute Gasteiger partial charge is 0.248 e. The summed E-state index contributed by atoms with van der Waals surface area (Å²) in [7, 11) is 4.67. The fourth-order valence-corrected chi connectivity index (χ4v) is 3.77. The van der Waals surface area contributed by atoms with Gasteiger partial charge in [0.1, 0.15) is 5.03 Å². The Morgan fingerprint density at radius 3 is 2.20 bits per heavy atom. The van der Waals surface area contributed by atoms with Gasteiger partial charge in [0.25, 0.3) is 0 Å². The van der Waals surface area contributed by atoms with E-state index in [1.165, 1.54) is 11.8 Å². The number of benzene rings is 2.